The van der Waals surface area contributed by atoms with E-state index in [1.54, 1.807) is 12.1 Å². The molecule has 0 aliphatic heterocycles. The van der Waals surface area contributed by atoms with E-state index in [2.05, 4.69) is 22.9 Å². The quantitative estimate of drug-likeness (QED) is 0.643. The Morgan fingerprint density at radius 3 is 2.64 bits per heavy atom. The highest BCUT2D eigenvalue weighted by atomic mass is 16.3. The number of hydrogen-bond acceptors (Lipinski definition) is 2. The molecule has 130 valence electrons. The Kier molecular flexibility index (Phi) is 4.79. The molecule has 2 N–H and O–H groups in total. The first kappa shape index (κ1) is 17.1. The molecule has 2 aromatic carbocycles. The van der Waals surface area contributed by atoms with E-state index in [0.717, 1.165) is 41.4 Å². The van der Waals surface area contributed by atoms with E-state index in [0.29, 0.717) is 11.4 Å². The van der Waals surface area contributed by atoms with Crippen LogP contribution in [0.25, 0.3) is 10.9 Å². The van der Waals surface area contributed by atoms with E-state index < -0.39 is 0 Å². The average molecular weight is 336 g/mol. The van der Waals surface area contributed by atoms with E-state index >= 15 is 0 Å². The summed E-state index contributed by atoms with van der Waals surface area (Å²) in [4.78, 5) is 13.0. The minimum Gasteiger partial charge on any atom is -0.506 e. The summed E-state index contributed by atoms with van der Waals surface area (Å²) in [5.74, 6) is -0.105. The van der Waals surface area contributed by atoms with Crippen LogP contribution in [-0.2, 0) is 6.54 Å². The molecule has 1 amide bonds. The topological polar surface area (TPSA) is 54.3 Å². The molecule has 0 saturated carbocycles. The van der Waals surface area contributed by atoms with Gasteiger partial charge in [-0.2, -0.15) is 0 Å². The molecule has 0 spiro atoms. The summed E-state index contributed by atoms with van der Waals surface area (Å²) in [5, 5.41) is 14.0. The Bertz CT molecular complexity index is 925. The Labute approximate surface area is 148 Å². The molecule has 0 radical (unpaired) electrons. The lowest BCUT2D eigenvalue weighted by atomic mass is 10.1. The molecule has 3 aromatic rings. The van der Waals surface area contributed by atoms with Crippen LogP contribution in [0.15, 0.2) is 42.5 Å². The summed E-state index contributed by atoms with van der Waals surface area (Å²) in [6.07, 6.45) is 2.07. The van der Waals surface area contributed by atoms with Crippen LogP contribution >= 0.6 is 0 Å². The minimum absolute atomic E-state index is 0.0854. The van der Waals surface area contributed by atoms with Gasteiger partial charge < -0.3 is 15.0 Å². The highest BCUT2D eigenvalue weighted by molar-refractivity contribution is 6.08. The maximum Gasteiger partial charge on any atom is 0.272 e. The van der Waals surface area contributed by atoms with Crippen molar-refractivity contribution >= 4 is 22.5 Å². The molecule has 0 saturated heterocycles. The van der Waals surface area contributed by atoms with Gasteiger partial charge in [-0.1, -0.05) is 37.6 Å². The molecule has 3 rings (SSSR count). The first-order valence-corrected chi connectivity index (χ1v) is 8.71. The number of nitrogens with one attached hydrogen (secondary N) is 1. The number of para-hydroxylation sites is 1. The number of carbonyl (C=O) groups excluding carboxylic acids is 1. The fourth-order valence-electron chi connectivity index (χ4n) is 3.25. The third-order valence-electron chi connectivity index (χ3n) is 4.58. The van der Waals surface area contributed by atoms with Crippen LogP contribution in [0, 0.1) is 13.8 Å². The van der Waals surface area contributed by atoms with Gasteiger partial charge in [0.15, 0.2) is 0 Å². The number of rotatable bonds is 5. The molecule has 4 nitrogen and oxygen atoms in total. The molecule has 0 unspecified atom stereocenters. The van der Waals surface area contributed by atoms with Crippen molar-refractivity contribution in [2.24, 2.45) is 0 Å². The van der Waals surface area contributed by atoms with Gasteiger partial charge in [-0.15, -0.1) is 0 Å². The van der Waals surface area contributed by atoms with Crippen molar-refractivity contribution in [3.63, 3.8) is 0 Å². The van der Waals surface area contributed by atoms with Crippen LogP contribution in [0.5, 0.6) is 5.75 Å². The Morgan fingerprint density at radius 2 is 1.92 bits per heavy atom. The van der Waals surface area contributed by atoms with Crippen molar-refractivity contribution in [2.75, 3.05) is 5.32 Å². The Hall–Kier alpha value is -2.75. The maximum atomic E-state index is 13.0. The number of benzene rings is 2. The molecule has 1 aromatic heterocycles. The van der Waals surface area contributed by atoms with Gasteiger partial charge in [0.1, 0.15) is 11.4 Å². The van der Waals surface area contributed by atoms with E-state index in [1.165, 1.54) is 0 Å². The third-order valence-corrected chi connectivity index (χ3v) is 4.58. The van der Waals surface area contributed by atoms with Gasteiger partial charge >= 0.3 is 0 Å². The van der Waals surface area contributed by atoms with Gasteiger partial charge in [0, 0.05) is 17.4 Å². The van der Waals surface area contributed by atoms with Gasteiger partial charge in [-0.25, -0.2) is 0 Å². The van der Waals surface area contributed by atoms with Crippen LogP contribution in [0.3, 0.4) is 0 Å². The molecule has 0 aliphatic rings. The minimum atomic E-state index is -0.191. The molecule has 0 atom stereocenters. The SMILES string of the molecule is CCCCn1c(C(=O)Nc2ccc(C)cc2O)c(C)c2ccccc21. The van der Waals surface area contributed by atoms with E-state index in [4.69, 9.17) is 0 Å². The second kappa shape index (κ2) is 7.01. The summed E-state index contributed by atoms with van der Waals surface area (Å²) >= 11 is 0. The molecule has 0 aliphatic carbocycles. The maximum absolute atomic E-state index is 13.0. The molecular weight excluding hydrogens is 312 g/mol. The number of carbonyl (C=O) groups is 1. The van der Waals surface area contributed by atoms with Crippen molar-refractivity contribution in [3.05, 3.63) is 59.3 Å². The summed E-state index contributed by atoms with van der Waals surface area (Å²) in [7, 11) is 0. The van der Waals surface area contributed by atoms with E-state index in [-0.39, 0.29) is 11.7 Å². The number of phenolic OH excluding ortho intramolecular Hbond substituents is 1. The summed E-state index contributed by atoms with van der Waals surface area (Å²) in [5.41, 5.74) is 4.09. The zero-order valence-electron chi connectivity index (χ0n) is 15.0. The van der Waals surface area contributed by atoms with Crippen molar-refractivity contribution in [1.29, 1.82) is 0 Å². The first-order chi connectivity index (χ1) is 12.0. The average Bonchev–Trinajstić information content (AvgIpc) is 2.88. The molecule has 0 fully saturated rings. The fraction of sp³-hybridized carbons (Fsp3) is 0.286. The van der Waals surface area contributed by atoms with Crippen molar-refractivity contribution in [3.8, 4) is 5.75 Å². The number of unbranched alkanes of at least 4 members (excludes halogenated alkanes) is 1. The molecular formula is C21H24N2O2. The standard InChI is InChI=1S/C21H24N2O2/c1-4-5-12-23-18-9-7-6-8-16(18)15(3)20(23)21(25)22-17-11-10-14(2)13-19(17)24/h6-11,13,24H,4-5,12H2,1-3H3,(H,22,25). The number of phenols is 1. The fourth-order valence-corrected chi connectivity index (χ4v) is 3.25. The number of aromatic hydroxyl groups is 1. The van der Waals surface area contributed by atoms with Gasteiger partial charge in [-0.05, 0) is 49.6 Å². The zero-order valence-corrected chi connectivity index (χ0v) is 15.0. The predicted molar refractivity (Wildman–Crippen MR) is 102 cm³/mol. The summed E-state index contributed by atoms with van der Waals surface area (Å²) in [6.45, 7) is 6.82. The third kappa shape index (κ3) is 3.25. The first-order valence-electron chi connectivity index (χ1n) is 8.71. The van der Waals surface area contributed by atoms with Crippen molar-refractivity contribution in [2.45, 2.75) is 40.2 Å². The van der Waals surface area contributed by atoms with Crippen LogP contribution in [0.2, 0.25) is 0 Å². The second-order valence-electron chi connectivity index (χ2n) is 6.47. The number of hydrogen-bond donors (Lipinski definition) is 2. The molecule has 1 heterocycles. The van der Waals surface area contributed by atoms with Gasteiger partial charge in [-0.3, -0.25) is 4.79 Å². The van der Waals surface area contributed by atoms with Crippen molar-refractivity contribution in [1.82, 2.24) is 4.57 Å². The monoisotopic (exact) mass is 336 g/mol. The predicted octanol–water partition coefficient (Wildman–Crippen LogP) is 5.02. The van der Waals surface area contributed by atoms with Gasteiger partial charge in [0.2, 0.25) is 0 Å². The number of aryl methyl sites for hydroxylation is 3. The van der Waals surface area contributed by atoms with Crippen LogP contribution < -0.4 is 5.32 Å². The largest absolute Gasteiger partial charge is 0.506 e. The number of anilines is 1. The molecule has 4 heteroatoms. The lowest BCUT2D eigenvalue weighted by Gasteiger charge is -2.12. The zero-order chi connectivity index (χ0) is 18.0. The van der Waals surface area contributed by atoms with E-state index in [9.17, 15) is 9.90 Å². The Morgan fingerprint density at radius 1 is 1.16 bits per heavy atom. The summed E-state index contributed by atoms with van der Waals surface area (Å²) in [6, 6.07) is 13.3. The normalized spacial score (nSPS) is 11.0. The lowest BCUT2D eigenvalue weighted by molar-refractivity contribution is 0.101. The lowest BCUT2D eigenvalue weighted by Crippen LogP contribution is -2.18. The van der Waals surface area contributed by atoms with Crippen LogP contribution in [-0.4, -0.2) is 15.6 Å². The number of amides is 1. The van der Waals surface area contributed by atoms with Crippen LogP contribution in [0.4, 0.5) is 5.69 Å². The summed E-state index contributed by atoms with van der Waals surface area (Å²) < 4.78 is 2.09. The number of fused-ring (bicyclic) bond motifs is 1. The number of nitrogens with zero attached hydrogens (tertiary/aromatic N) is 1. The smallest absolute Gasteiger partial charge is 0.272 e. The van der Waals surface area contributed by atoms with Crippen molar-refractivity contribution < 1.29 is 9.90 Å². The second-order valence-corrected chi connectivity index (χ2v) is 6.47. The molecule has 0 bridgehead atoms. The number of aromatic nitrogens is 1. The highest BCUT2D eigenvalue weighted by Crippen LogP contribution is 2.29. The van der Waals surface area contributed by atoms with E-state index in [1.807, 2.05) is 38.1 Å². The Balaban J connectivity index is 2.04. The highest BCUT2D eigenvalue weighted by Gasteiger charge is 2.20. The van der Waals surface area contributed by atoms with Crippen LogP contribution in [0.1, 0.15) is 41.4 Å². The van der Waals surface area contributed by atoms with Gasteiger partial charge in [0.25, 0.3) is 5.91 Å². The van der Waals surface area contributed by atoms with Gasteiger partial charge in [0.05, 0.1) is 5.69 Å². The molecule has 25 heavy (non-hydrogen) atoms.